The van der Waals surface area contributed by atoms with Crippen LogP contribution in [0.15, 0.2) is 23.1 Å². The van der Waals surface area contributed by atoms with Crippen molar-refractivity contribution in [3.63, 3.8) is 0 Å². The third kappa shape index (κ3) is 6.87. The fourth-order valence-corrected chi connectivity index (χ4v) is 3.54. The number of benzene rings is 1. The zero-order chi connectivity index (χ0) is 21.5. The number of nitrogens with zero attached hydrogens (tertiary/aromatic N) is 1. The van der Waals surface area contributed by atoms with Gasteiger partial charge in [0.1, 0.15) is 5.69 Å². The van der Waals surface area contributed by atoms with Crippen molar-refractivity contribution in [3.8, 4) is 0 Å². The number of rotatable bonds is 11. The zero-order valence-electron chi connectivity index (χ0n) is 16.5. The molecular weight excluding hydrogens is 404 g/mol. The minimum absolute atomic E-state index is 0.180. The van der Waals surface area contributed by atoms with Crippen molar-refractivity contribution >= 4 is 21.4 Å². The molecule has 11 nitrogen and oxygen atoms in total. The molecule has 0 aromatic heterocycles. The molecule has 4 N–H and O–H groups in total. The lowest BCUT2D eigenvalue weighted by atomic mass is 9.98. The molecule has 1 fully saturated rings. The largest absolute Gasteiger partial charge is 0.377 e. The van der Waals surface area contributed by atoms with E-state index in [9.17, 15) is 18.5 Å². The third-order valence-electron chi connectivity index (χ3n) is 4.54. The summed E-state index contributed by atoms with van der Waals surface area (Å²) in [5.41, 5.74) is -0.840. The lowest BCUT2D eigenvalue weighted by Gasteiger charge is -2.38. The smallest absolute Gasteiger partial charge is 0.293 e. The van der Waals surface area contributed by atoms with Crippen molar-refractivity contribution in [2.45, 2.75) is 37.1 Å². The van der Waals surface area contributed by atoms with E-state index in [1.54, 1.807) is 0 Å². The number of hydrogen-bond donors (Lipinski definition) is 3. The molecular formula is C17H28N4O7S. The van der Waals surface area contributed by atoms with Crippen LogP contribution in [-0.2, 0) is 24.2 Å². The summed E-state index contributed by atoms with van der Waals surface area (Å²) in [7, 11) is -4.04. The Labute approximate surface area is 170 Å². The highest BCUT2D eigenvalue weighted by atomic mass is 32.2. The summed E-state index contributed by atoms with van der Waals surface area (Å²) in [5, 5.41) is 22.7. The second-order valence-corrected chi connectivity index (χ2v) is 8.25. The SMILES string of the molecule is CCOC(C)OCCC1(CNc2ccc(S(N)(=O)=O)cc2[N+](=O)[O-])CNCCO1. The van der Waals surface area contributed by atoms with Crippen LogP contribution in [0.4, 0.5) is 11.4 Å². The van der Waals surface area contributed by atoms with Crippen molar-refractivity contribution in [2.24, 2.45) is 5.14 Å². The molecule has 1 aromatic rings. The summed E-state index contributed by atoms with van der Waals surface area (Å²) in [5.74, 6) is 0. The van der Waals surface area contributed by atoms with E-state index in [1.807, 2.05) is 13.8 Å². The Bertz CT molecular complexity index is 797. The summed E-state index contributed by atoms with van der Waals surface area (Å²) < 4.78 is 39.9. The van der Waals surface area contributed by atoms with Crippen molar-refractivity contribution in [3.05, 3.63) is 28.3 Å². The Kier molecular flexibility index (Phi) is 8.31. The average Bonchev–Trinajstić information content (AvgIpc) is 2.66. The molecule has 0 amide bonds. The molecule has 1 saturated heterocycles. The Balaban J connectivity index is 2.11. The molecule has 164 valence electrons. The average molecular weight is 432 g/mol. The number of nitro groups is 1. The lowest BCUT2D eigenvalue weighted by Crippen LogP contribution is -2.54. The number of morpholine rings is 1. The summed E-state index contributed by atoms with van der Waals surface area (Å²) >= 11 is 0. The Hall–Kier alpha value is -1.83. The minimum atomic E-state index is -4.04. The zero-order valence-corrected chi connectivity index (χ0v) is 17.4. The maximum Gasteiger partial charge on any atom is 0.293 e. The Morgan fingerprint density at radius 1 is 1.45 bits per heavy atom. The highest BCUT2D eigenvalue weighted by Gasteiger charge is 2.34. The number of sulfonamides is 1. The van der Waals surface area contributed by atoms with E-state index in [0.29, 0.717) is 39.3 Å². The van der Waals surface area contributed by atoms with Gasteiger partial charge in [-0.2, -0.15) is 0 Å². The quantitative estimate of drug-likeness (QED) is 0.261. The van der Waals surface area contributed by atoms with Gasteiger partial charge in [-0.25, -0.2) is 13.6 Å². The van der Waals surface area contributed by atoms with Gasteiger partial charge >= 0.3 is 0 Å². The second-order valence-electron chi connectivity index (χ2n) is 6.69. The fourth-order valence-electron chi connectivity index (χ4n) is 3.01. The van der Waals surface area contributed by atoms with Crippen molar-refractivity contribution in [1.82, 2.24) is 5.32 Å². The normalized spacial score (nSPS) is 20.9. The molecule has 0 spiro atoms. The van der Waals surface area contributed by atoms with E-state index in [-0.39, 0.29) is 29.1 Å². The van der Waals surface area contributed by atoms with Gasteiger partial charge in [0, 0.05) is 38.7 Å². The van der Waals surface area contributed by atoms with E-state index < -0.39 is 20.5 Å². The van der Waals surface area contributed by atoms with Crippen LogP contribution >= 0.6 is 0 Å². The van der Waals surface area contributed by atoms with Gasteiger partial charge in [-0.15, -0.1) is 0 Å². The van der Waals surface area contributed by atoms with Crippen LogP contribution in [0.1, 0.15) is 20.3 Å². The number of ether oxygens (including phenoxy) is 3. The van der Waals surface area contributed by atoms with Crippen LogP contribution in [0.5, 0.6) is 0 Å². The van der Waals surface area contributed by atoms with Gasteiger partial charge in [0.25, 0.3) is 5.69 Å². The molecule has 2 rings (SSSR count). The highest BCUT2D eigenvalue weighted by Crippen LogP contribution is 2.29. The maximum absolute atomic E-state index is 11.5. The van der Waals surface area contributed by atoms with E-state index >= 15 is 0 Å². The topological polar surface area (TPSA) is 155 Å². The maximum atomic E-state index is 11.5. The molecule has 1 aromatic carbocycles. The number of nitrogens with one attached hydrogen (secondary N) is 2. The van der Waals surface area contributed by atoms with Crippen LogP contribution in [0.25, 0.3) is 0 Å². The van der Waals surface area contributed by atoms with Gasteiger partial charge in [-0.05, 0) is 26.0 Å². The number of hydrogen-bond acceptors (Lipinski definition) is 9. The van der Waals surface area contributed by atoms with Gasteiger partial charge in [0.15, 0.2) is 6.29 Å². The third-order valence-corrected chi connectivity index (χ3v) is 5.45. The van der Waals surface area contributed by atoms with Crippen LogP contribution < -0.4 is 15.8 Å². The standard InChI is InChI=1S/C17H28N4O7S/c1-3-26-13(2)27-8-6-17(11-19-7-9-28-17)12-20-15-5-4-14(29(18,24)25)10-16(15)21(22)23/h4-5,10,13,19-20H,3,6-9,11-12H2,1-2H3,(H2,18,24,25). The molecule has 1 aliphatic heterocycles. The Morgan fingerprint density at radius 3 is 2.79 bits per heavy atom. The van der Waals surface area contributed by atoms with E-state index in [1.165, 1.54) is 12.1 Å². The molecule has 12 heteroatoms. The number of nitrogens with two attached hydrogens (primary N) is 1. The second kappa shape index (κ2) is 10.3. The van der Waals surface area contributed by atoms with E-state index in [4.69, 9.17) is 19.3 Å². The van der Waals surface area contributed by atoms with E-state index in [0.717, 1.165) is 6.07 Å². The predicted octanol–water partition coefficient (Wildman–Crippen LogP) is 0.802. The molecule has 1 heterocycles. The molecule has 0 bridgehead atoms. The van der Waals surface area contributed by atoms with Crippen molar-refractivity contribution in [2.75, 3.05) is 44.8 Å². The van der Waals surface area contributed by atoms with Crippen LogP contribution in [0.2, 0.25) is 0 Å². The molecule has 0 saturated carbocycles. The number of anilines is 1. The molecule has 2 unspecified atom stereocenters. The van der Waals surface area contributed by atoms with Crippen LogP contribution in [0.3, 0.4) is 0 Å². The van der Waals surface area contributed by atoms with Gasteiger partial charge < -0.3 is 24.8 Å². The molecule has 0 aliphatic carbocycles. The summed E-state index contributed by atoms with van der Waals surface area (Å²) in [6.45, 7) is 6.63. The lowest BCUT2D eigenvalue weighted by molar-refractivity contribution is -0.384. The van der Waals surface area contributed by atoms with Gasteiger partial charge in [0.2, 0.25) is 10.0 Å². The van der Waals surface area contributed by atoms with Gasteiger partial charge in [0.05, 0.1) is 28.6 Å². The molecule has 2 atom stereocenters. The van der Waals surface area contributed by atoms with Crippen LogP contribution in [-0.4, -0.2) is 64.7 Å². The van der Waals surface area contributed by atoms with Gasteiger partial charge in [-0.3, -0.25) is 10.1 Å². The number of nitro benzene ring substituents is 1. The summed E-state index contributed by atoms with van der Waals surface area (Å²) in [6, 6.07) is 3.50. The van der Waals surface area contributed by atoms with Crippen LogP contribution in [0, 0.1) is 10.1 Å². The fraction of sp³-hybridized carbons (Fsp3) is 0.647. The monoisotopic (exact) mass is 432 g/mol. The first-order valence-electron chi connectivity index (χ1n) is 9.30. The molecule has 1 aliphatic rings. The Morgan fingerprint density at radius 2 is 2.21 bits per heavy atom. The minimum Gasteiger partial charge on any atom is -0.377 e. The molecule has 0 radical (unpaired) electrons. The van der Waals surface area contributed by atoms with Crippen molar-refractivity contribution in [1.29, 1.82) is 0 Å². The predicted molar refractivity (Wildman–Crippen MR) is 106 cm³/mol. The van der Waals surface area contributed by atoms with E-state index in [2.05, 4.69) is 10.6 Å². The molecule has 29 heavy (non-hydrogen) atoms. The highest BCUT2D eigenvalue weighted by molar-refractivity contribution is 7.89. The number of primary sulfonamides is 1. The first kappa shape index (κ1) is 23.4. The van der Waals surface area contributed by atoms with Crippen molar-refractivity contribution < 1.29 is 27.6 Å². The first-order chi connectivity index (χ1) is 13.7. The first-order valence-corrected chi connectivity index (χ1v) is 10.8. The van der Waals surface area contributed by atoms with Gasteiger partial charge in [-0.1, -0.05) is 0 Å². The summed E-state index contributed by atoms with van der Waals surface area (Å²) in [6.07, 6.45) is 0.196. The summed E-state index contributed by atoms with van der Waals surface area (Å²) in [4.78, 5) is 10.4.